The minimum absolute atomic E-state index is 0.687. The van der Waals surface area contributed by atoms with E-state index in [9.17, 15) is 0 Å². The first-order valence-electron chi connectivity index (χ1n) is 6.86. The van der Waals surface area contributed by atoms with E-state index in [1.807, 2.05) is 13.0 Å². The van der Waals surface area contributed by atoms with Gasteiger partial charge in [-0.15, -0.1) is 0 Å². The van der Waals surface area contributed by atoms with Crippen molar-refractivity contribution in [3.05, 3.63) is 28.2 Å². The van der Waals surface area contributed by atoms with Gasteiger partial charge in [-0.3, -0.25) is 4.90 Å². The molecule has 1 aromatic rings. The summed E-state index contributed by atoms with van der Waals surface area (Å²) in [6.07, 6.45) is 4.01. The van der Waals surface area contributed by atoms with Crippen molar-refractivity contribution < 1.29 is 4.74 Å². The number of benzene rings is 1. The number of halogens is 1. The molecular weight excluding hydrogens is 290 g/mol. The quantitative estimate of drug-likeness (QED) is 0.825. The third-order valence-electron chi connectivity index (χ3n) is 3.65. The van der Waals surface area contributed by atoms with E-state index in [-0.39, 0.29) is 0 Å². The predicted octanol–water partition coefficient (Wildman–Crippen LogP) is 4.22. The van der Waals surface area contributed by atoms with Crippen LogP contribution in [0, 0.1) is 0 Å². The zero-order valence-electron chi connectivity index (χ0n) is 11.3. The van der Waals surface area contributed by atoms with Crippen molar-refractivity contribution in [1.29, 1.82) is 0 Å². The van der Waals surface area contributed by atoms with Crippen LogP contribution in [-0.2, 0) is 6.54 Å². The Labute approximate surface area is 118 Å². The summed E-state index contributed by atoms with van der Waals surface area (Å²) in [5, 5.41) is 0. The molecule has 0 spiro atoms. The lowest BCUT2D eigenvalue weighted by atomic mass is 10.0. The molecule has 0 saturated carbocycles. The summed E-state index contributed by atoms with van der Waals surface area (Å²) in [5.41, 5.74) is 1.29. The van der Waals surface area contributed by atoms with E-state index in [1.165, 1.54) is 31.4 Å². The SMILES string of the molecule is CCOc1c(Br)cccc1CN1CCCCC1C. The Bertz CT molecular complexity index is 394. The molecule has 1 heterocycles. The summed E-state index contributed by atoms with van der Waals surface area (Å²) in [6.45, 7) is 7.28. The van der Waals surface area contributed by atoms with Crippen molar-refractivity contribution in [1.82, 2.24) is 4.90 Å². The molecule has 0 N–H and O–H groups in total. The first-order chi connectivity index (χ1) is 8.72. The van der Waals surface area contributed by atoms with E-state index in [4.69, 9.17) is 4.74 Å². The lowest BCUT2D eigenvalue weighted by molar-refractivity contribution is 0.150. The molecule has 1 aromatic carbocycles. The number of hydrogen-bond donors (Lipinski definition) is 0. The standard InChI is InChI=1S/C15H22BrNO/c1-3-18-15-13(8-6-9-14(15)16)11-17-10-5-4-7-12(17)2/h6,8-9,12H,3-5,7,10-11H2,1-2H3. The maximum atomic E-state index is 5.77. The topological polar surface area (TPSA) is 12.5 Å². The molecular formula is C15H22BrNO. The van der Waals surface area contributed by atoms with Gasteiger partial charge in [-0.05, 0) is 55.2 Å². The van der Waals surface area contributed by atoms with Crippen LogP contribution >= 0.6 is 15.9 Å². The molecule has 1 fully saturated rings. The summed E-state index contributed by atoms with van der Waals surface area (Å²) in [5.74, 6) is 1.01. The molecule has 1 aliphatic rings. The molecule has 0 aliphatic carbocycles. The highest BCUT2D eigenvalue weighted by molar-refractivity contribution is 9.10. The van der Waals surface area contributed by atoms with Crippen molar-refractivity contribution in [3.63, 3.8) is 0 Å². The molecule has 18 heavy (non-hydrogen) atoms. The number of para-hydroxylation sites is 1. The summed E-state index contributed by atoms with van der Waals surface area (Å²) >= 11 is 3.58. The minimum Gasteiger partial charge on any atom is -0.492 e. The maximum absolute atomic E-state index is 5.77. The molecule has 0 aromatic heterocycles. The Balaban J connectivity index is 2.14. The summed E-state index contributed by atoms with van der Waals surface area (Å²) in [7, 11) is 0. The van der Waals surface area contributed by atoms with Crippen LogP contribution in [0.4, 0.5) is 0 Å². The van der Waals surface area contributed by atoms with Crippen molar-refractivity contribution >= 4 is 15.9 Å². The van der Waals surface area contributed by atoms with Crippen LogP contribution in [-0.4, -0.2) is 24.1 Å². The van der Waals surface area contributed by atoms with Crippen LogP contribution in [0.15, 0.2) is 22.7 Å². The van der Waals surface area contributed by atoms with E-state index < -0.39 is 0 Å². The highest BCUT2D eigenvalue weighted by Crippen LogP contribution is 2.31. The Morgan fingerprint density at radius 3 is 2.94 bits per heavy atom. The van der Waals surface area contributed by atoms with Crippen LogP contribution in [0.5, 0.6) is 5.75 Å². The van der Waals surface area contributed by atoms with E-state index in [0.717, 1.165) is 16.8 Å². The van der Waals surface area contributed by atoms with Crippen LogP contribution in [0.3, 0.4) is 0 Å². The summed E-state index contributed by atoms with van der Waals surface area (Å²) in [4.78, 5) is 2.56. The van der Waals surface area contributed by atoms with Gasteiger partial charge in [0.05, 0.1) is 11.1 Å². The molecule has 2 nitrogen and oxygen atoms in total. The first-order valence-corrected chi connectivity index (χ1v) is 7.66. The summed E-state index contributed by atoms with van der Waals surface area (Å²) < 4.78 is 6.83. The first kappa shape index (κ1) is 13.9. The third kappa shape index (κ3) is 3.27. The van der Waals surface area contributed by atoms with E-state index in [2.05, 4.69) is 39.9 Å². The van der Waals surface area contributed by atoms with Crippen LogP contribution in [0.25, 0.3) is 0 Å². The van der Waals surface area contributed by atoms with Gasteiger partial charge in [0, 0.05) is 18.2 Å². The maximum Gasteiger partial charge on any atom is 0.137 e. The molecule has 0 radical (unpaired) electrons. The van der Waals surface area contributed by atoms with Crippen molar-refractivity contribution in [2.75, 3.05) is 13.2 Å². The fourth-order valence-electron chi connectivity index (χ4n) is 2.60. The van der Waals surface area contributed by atoms with Gasteiger partial charge >= 0.3 is 0 Å². The third-order valence-corrected chi connectivity index (χ3v) is 4.28. The average molecular weight is 312 g/mol. The highest BCUT2D eigenvalue weighted by Gasteiger charge is 2.20. The summed E-state index contributed by atoms with van der Waals surface area (Å²) in [6, 6.07) is 7.01. The normalized spacial score (nSPS) is 20.9. The molecule has 1 atom stereocenters. The number of nitrogens with zero attached hydrogens (tertiary/aromatic N) is 1. The van der Waals surface area contributed by atoms with Gasteiger partial charge < -0.3 is 4.74 Å². The predicted molar refractivity (Wildman–Crippen MR) is 79.0 cm³/mol. The van der Waals surface area contributed by atoms with Crippen LogP contribution in [0.1, 0.15) is 38.7 Å². The second-order valence-electron chi connectivity index (χ2n) is 4.98. The van der Waals surface area contributed by atoms with Gasteiger partial charge in [0.15, 0.2) is 0 Å². The van der Waals surface area contributed by atoms with Crippen molar-refractivity contribution in [2.24, 2.45) is 0 Å². The molecule has 3 heteroatoms. The van der Waals surface area contributed by atoms with Gasteiger partial charge in [-0.2, -0.15) is 0 Å². The Kier molecular flexibility index (Phi) is 5.07. The van der Waals surface area contributed by atoms with Crippen molar-refractivity contribution in [3.8, 4) is 5.75 Å². The number of hydrogen-bond acceptors (Lipinski definition) is 2. The van der Waals surface area contributed by atoms with Crippen LogP contribution < -0.4 is 4.74 Å². The van der Waals surface area contributed by atoms with E-state index in [1.54, 1.807) is 0 Å². The van der Waals surface area contributed by atoms with Gasteiger partial charge in [0.1, 0.15) is 5.75 Å². The fourth-order valence-corrected chi connectivity index (χ4v) is 3.12. The average Bonchev–Trinajstić information content (AvgIpc) is 2.36. The van der Waals surface area contributed by atoms with E-state index in [0.29, 0.717) is 12.6 Å². The van der Waals surface area contributed by atoms with Gasteiger partial charge in [0.2, 0.25) is 0 Å². The van der Waals surface area contributed by atoms with Crippen LogP contribution in [0.2, 0.25) is 0 Å². The Hall–Kier alpha value is -0.540. The largest absolute Gasteiger partial charge is 0.492 e. The second-order valence-corrected chi connectivity index (χ2v) is 5.83. The lowest BCUT2D eigenvalue weighted by Crippen LogP contribution is -2.36. The number of ether oxygens (including phenoxy) is 1. The molecule has 2 rings (SSSR count). The molecule has 1 unspecified atom stereocenters. The Morgan fingerprint density at radius 2 is 2.22 bits per heavy atom. The zero-order valence-corrected chi connectivity index (χ0v) is 12.9. The molecule has 1 aliphatic heterocycles. The van der Waals surface area contributed by atoms with Gasteiger partial charge in [0.25, 0.3) is 0 Å². The van der Waals surface area contributed by atoms with Crippen molar-refractivity contribution in [2.45, 2.75) is 45.7 Å². The smallest absolute Gasteiger partial charge is 0.137 e. The molecule has 1 saturated heterocycles. The number of likely N-dealkylation sites (tertiary alicyclic amines) is 1. The zero-order chi connectivity index (χ0) is 13.0. The second kappa shape index (κ2) is 6.58. The molecule has 100 valence electrons. The van der Waals surface area contributed by atoms with E-state index >= 15 is 0 Å². The highest BCUT2D eigenvalue weighted by atomic mass is 79.9. The molecule has 0 bridgehead atoms. The lowest BCUT2D eigenvalue weighted by Gasteiger charge is -2.33. The monoisotopic (exact) mass is 311 g/mol. The van der Waals surface area contributed by atoms with Gasteiger partial charge in [-0.25, -0.2) is 0 Å². The fraction of sp³-hybridized carbons (Fsp3) is 0.600. The number of rotatable bonds is 4. The Morgan fingerprint density at radius 1 is 1.39 bits per heavy atom. The minimum atomic E-state index is 0.687. The number of piperidine rings is 1. The van der Waals surface area contributed by atoms with Gasteiger partial charge in [-0.1, -0.05) is 18.6 Å². The molecule has 0 amide bonds.